The predicted molar refractivity (Wildman–Crippen MR) is 92.6 cm³/mol. The summed E-state index contributed by atoms with van der Waals surface area (Å²) in [5.74, 6) is -5.66. The highest BCUT2D eigenvalue weighted by molar-refractivity contribution is 6.08. The third-order valence-electron chi connectivity index (χ3n) is 4.82. The predicted octanol–water partition coefficient (Wildman–Crippen LogP) is 1.79. The van der Waals surface area contributed by atoms with Crippen molar-refractivity contribution in [3.8, 4) is 0 Å². The number of carbonyl (C=O) groups is 4. The van der Waals surface area contributed by atoms with E-state index in [1.807, 2.05) is 12.2 Å². The number of hydrogen-bond acceptors (Lipinski definition) is 5. The molecule has 9 heteroatoms. The summed E-state index contributed by atoms with van der Waals surface area (Å²) in [6, 6.07) is 1.62. The maximum atomic E-state index is 13.1. The molecule has 1 saturated heterocycles. The molecule has 1 aromatic carbocycles. The zero-order valence-corrected chi connectivity index (χ0v) is 15.0. The number of nitrogens with zero attached hydrogens (tertiary/aromatic N) is 1. The van der Waals surface area contributed by atoms with Gasteiger partial charge in [0, 0.05) is 11.8 Å². The van der Waals surface area contributed by atoms with Gasteiger partial charge in [-0.3, -0.25) is 19.3 Å². The summed E-state index contributed by atoms with van der Waals surface area (Å²) in [4.78, 5) is 49.8. The van der Waals surface area contributed by atoms with Gasteiger partial charge < -0.3 is 10.1 Å². The molecule has 1 aliphatic heterocycles. The van der Waals surface area contributed by atoms with Crippen LogP contribution in [0, 0.1) is 23.5 Å². The fraction of sp³-hybridized carbons (Fsp3) is 0.368. The van der Waals surface area contributed by atoms with Crippen LogP contribution in [0.15, 0.2) is 30.4 Å². The number of anilines is 1. The van der Waals surface area contributed by atoms with Crippen LogP contribution >= 0.6 is 0 Å². The van der Waals surface area contributed by atoms with Crippen LogP contribution in [0.2, 0.25) is 0 Å². The molecule has 3 amide bonds. The van der Waals surface area contributed by atoms with E-state index in [0.717, 1.165) is 23.1 Å². The summed E-state index contributed by atoms with van der Waals surface area (Å²) in [6.45, 7) is 0.656. The van der Waals surface area contributed by atoms with Crippen molar-refractivity contribution in [3.63, 3.8) is 0 Å². The Balaban J connectivity index is 1.55. The minimum atomic E-state index is -1.17. The summed E-state index contributed by atoms with van der Waals surface area (Å²) < 4.78 is 30.9. The number of hydrogen-bond donors (Lipinski definition) is 1. The minimum Gasteiger partial charge on any atom is -0.454 e. The quantitative estimate of drug-likeness (QED) is 0.469. The second kappa shape index (κ2) is 7.87. The third kappa shape index (κ3) is 3.78. The first-order chi connectivity index (χ1) is 13.3. The zero-order chi connectivity index (χ0) is 20.4. The Morgan fingerprint density at radius 1 is 1.14 bits per heavy atom. The third-order valence-corrected chi connectivity index (χ3v) is 4.82. The Morgan fingerprint density at radius 3 is 2.32 bits per heavy atom. The smallest absolute Gasteiger partial charge is 0.329 e. The Bertz CT molecular complexity index is 844. The number of ether oxygens (including phenoxy) is 1. The van der Waals surface area contributed by atoms with Crippen LogP contribution in [-0.4, -0.2) is 41.2 Å². The Morgan fingerprint density at radius 2 is 1.75 bits per heavy atom. The van der Waals surface area contributed by atoms with E-state index in [2.05, 4.69) is 5.32 Å². The first-order valence-corrected chi connectivity index (χ1v) is 8.73. The van der Waals surface area contributed by atoms with Crippen LogP contribution in [-0.2, 0) is 23.9 Å². The molecule has 0 bridgehead atoms. The lowest BCUT2D eigenvalue weighted by molar-refractivity contribution is -0.159. The summed E-state index contributed by atoms with van der Waals surface area (Å²) in [5, 5.41) is 2.25. The molecule has 3 atom stereocenters. The van der Waals surface area contributed by atoms with Gasteiger partial charge in [0.05, 0.1) is 11.8 Å². The lowest BCUT2D eigenvalue weighted by Gasteiger charge is -2.21. The van der Waals surface area contributed by atoms with Gasteiger partial charge in [-0.1, -0.05) is 12.2 Å². The number of halogens is 2. The molecular weight excluding hydrogens is 374 g/mol. The molecule has 1 heterocycles. The maximum absolute atomic E-state index is 13.1. The fourth-order valence-electron chi connectivity index (χ4n) is 3.34. The molecule has 1 fully saturated rings. The molecular formula is C19H18F2N2O5. The highest BCUT2D eigenvalue weighted by atomic mass is 19.2. The van der Waals surface area contributed by atoms with Gasteiger partial charge >= 0.3 is 5.97 Å². The number of esters is 1. The average Bonchev–Trinajstić information content (AvgIpc) is 2.93. The monoisotopic (exact) mass is 392 g/mol. The van der Waals surface area contributed by atoms with Crippen LogP contribution < -0.4 is 5.32 Å². The van der Waals surface area contributed by atoms with E-state index in [1.165, 1.54) is 6.92 Å². The number of allylic oxidation sites excluding steroid dienone is 2. The minimum absolute atomic E-state index is 0.00512. The fourth-order valence-corrected chi connectivity index (χ4v) is 3.34. The molecule has 1 N–H and O–H groups in total. The molecule has 28 heavy (non-hydrogen) atoms. The number of likely N-dealkylation sites (tertiary alicyclic amines) is 1. The van der Waals surface area contributed by atoms with E-state index in [-0.39, 0.29) is 5.69 Å². The number of carbonyl (C=O) groups excluding carboxylic acids is 4. The van der Waals surface area contributed by atoms with Gasteiger partial charge in [-0.05, 0) is 31.9 Å². The summed E-state index contributed by atoms with van der Waals surface area (Å²) in [5.41, 5.74) is -0.00512. The Kier molecular flexibility index (Phi) is 5.53. The van der Waals surface area contributed by atoms with Crippen molar-refractivity contribution < 1.29 is 32.7 Å². The van der Waals surface area contributed by atoms with Crippen LogP contribution in [0.1, 0.15) is 19.8 Å². The highest BCUT2D eigenvalue weighted by Crippen LogP contribution is 2.36. The van der Waals surface area contributed by atoms with E-state index in [4.69, 9.17) is 4.74 Å². The second-order valence-electron chi connectivity index (χ2n) is 6.66. The van der Waals surface area contributed by atoms with Gasteiger partial charge in [0.2, 0.25) is 11.8 Å². The van der Waals surface area contributed by atoms with Crippen LogP contribution in [0.4, 0.5) is 14.5 Å². The topological polar surface area (TPSA) is 92.8 Å². The van der Waals surface area contributed by atoms with Gasteiger partial charge in [0.15, 0.2) is 18.2 Å². The van der Waals surface area contributed by atoms with Gasteiger partial charge in [-0.25, -0.2) is 13.6 Å². The Hall–Kier alpha value is -3.10. The molecule has 0 radical (unpaired) electrons. The molecule has 7 nitrogen and oxygen atoms in total. The summed E-state index contributed by atoms with van der Waals surface area (Å²) >= 11 is 0. The SMILES string of the molecule is C[C@@H](C(=O)OCC(=O)Nc1ccc(F)c(F)c1)N1C(=O)[C@@H]2CC=CC[C@H]2C1=O. The first kappa shape index (κ1) is 19.7. The number of amides is 3. The van der Waals surface area contributed by atoms with Crippen molar-refractivity contribution in [1.29, 1.82) is 0 Å². The Labute approximate surface area is 159 Å². The van der Waals surface area contributed by atoms with Gasteiger partial charge in [-0.15, -0.1) is 0 Å². The van der Waals surface area contributed by atoms with Gasteiger partial charge in [0.1, 0.15) is 6.04 Å². The number of nitrogens with one attached hydrogen (secondary N) is 1. The highest BCUT2D eigenvalue weighted by Gasteiger charge is 2.50. The van der Waals surface area contributed by atoms with Gasteiger partial charge in [0.25, 0.3) is 5.91 Å². The van der Waals surface area contributed by atoms with Crippen molar-refractivity contribution in [2.45, 2.75) is 25.8 Å². The van der Waals surface area contributed by atoms with Crippen molar-refractivity contribution >= 4 is 29.4 Å². The number of imide groups is 1. The standard InChI is InChI=1S/C19H18F2N2O5/c1-10(23-17(25)12-4-2-3-5-13(12)18(23)26)19(27)28-9-16(24)22-11-6-7-14(20)15(21)8-11/h2-3,6-8,10,12-13H,4-5,9H2,1H3,(H,22,24)/t10-,12+,13+/m0/s1. The molecule has 3 rings (SSSR count). The lowest BCUT2D eigenvalue weighted by atomic mass is 9.85. The largest absolute Gasteiger partial charge is 0.454 e. The number of rotatable bonds is 5. The lowest BCUT2D eigenvalue weighted by Crippen LogP contribution is -2.45. The van der Waals surface area contributed by atoms with Crippen LogP contribution in [0.3, 0.4) is 0 Å². The summed E-state index contributed by atoms with van der Waals surface area (Å²) in [6.07, 6.45) is 4.57. The number of fused-ring (bicyclic) bond motifs is 1. The molecule has 0 aromatic heterocycles. The molecule has 0 spiro atoms. The van der Waals surface area contributed by atoms with Crippen LogP contribution in [0.5, 0.6) is 0 Å². The van der Waals surface area contributed by atoms with E-state index < -0.39 is 59.8 Å². The van der Waals surface area contributed by atoms with E-state index in [1.54, 1.807) is 0 Å². The van der Waals surface area contributed by atoms with E-state index >= 15 is 0 Å². The number of benzene rings is 1. The first-order valence-electron chi connectivity index (χ1n) is 8.73. The molecule has 2 aliphatic rings. The average molecular weight is 392 g/mol. The molecule has 1 aromatic rings. The normalized spacial score (nSPS) is 22.0. The zero-order valence-electron chi connectivity index (χ0n) is 15.0. The molecule has 1 aliphatic carbocycles. The molecule has 148 valence electrons. The van der Waals surface area contributed by atoms with Crippen molar-refractivity contribution in [3.05, 3.63) is 42.0 Å². The molecule has 0 unspecified atom stereocenters. The molecule has 0 saturated carbocycles. The van der Waals surface area contributed by atoms with Crippen molar-refractivity contribution in [2.75, 3.05) is 11.9 Å². The van der Waals surface area contributed by atoms with Gasteiger partial charge in [-0.2, -0.15) is 0 Å². The summed E-state index contributed by atoms with van der Waals surface area (Å²) in [7, 11) is 0. The van der Waals surface area contributed by atoms with E-state index in [9.17, 15) is 28.0 Å². The van der Waals surface area contributed by atoms with Crippen molar-refractivity contribution in [2.24, 2.45) is 11.8 Å². The second-order valence-corrected chi connectivity index (χ2v) is 6.66. The van der Waals surface area contributed by atoms with E-state index in [0.29, 0.717) is 12.8 Å². The maximum Gasteiger partial charge on any atom is 0.329 e. The van der Waals surface area contributed by atoms with Crippen LogP contribution in [0.25, 0.3) is 0 Å². The van der Waals surface area contributed by atoms with Crippen molar-refractivity contribution in [1.82, 2.24) is 4.90 Å².